The van der Waals surface area contributed by atoms with Crippen LogP contribution in [0.4, 0.5) is 5.69 Å². The maximum atomic E-state index is 12.4. The highest BCUT2D eigenvalue weighted by Crippen LogP contribution is 2.28. The second-order valence-corrected chi connectivity index (χ2v) is 8.64. The van der Waals surface area contributed by atoms with Crippen molar-refractivity contribution < 1.29 is 29.0 Å². The molecule has 4 rings (SSSR count). The number of rotatable bonds is 7. The first kappa shape index (κ1) is 26.8. The monoisotopic (exact) mass is 503 g/mol. The summed E-state index contributed by atoms with van der Waals surface area (Å²) in [5.41, 5.74) is 7.68. The smallest absolute Gasteiger partial charge is 0.336 e. The van der Waals surface area contributed by atoms with E-state index >= 15 is 0 Å². The zero-order valence-electron chi connectivity index (χ0n) is 21.0. The molecule has 1 heterocycles. The molecule has 0 unspecified atom stereocenters. The molecule has 0 bridgehead atoms. The Bertz CT molecular complexity index is 1420. The summed E-state index contributed by atoms with van der Waals surface area (Å²) >= 11 is 0. The van der Waals surface area contributed by atoms with Crippen LogP contribution in [-0.2, 0) is 10.2 Å². The van der Waals surface area contributed by atoms with Crippen molar-refractivity contribution in [1.29, 1.82) is 0 Å². The highest BCUT2D eigenvalue weighted by Gasteiger charge is 2.27. The van der Waals surface area contributed by atoms with E-state index in [9.17, 15) is 14.4 Å². The van der Waals surface area contributed by atoms with Gasteiger partial charge >= 0.3 is 5.97 Å². The largest absolute Gasteiger partial charge is 0.493 e. The second-order valence-electron chi connectivity index (χ2n) is 8.64. The lowest BCUT2D eigenvalue weighted by molar-refractivity contribution is -0.122. The van der Waals surface area contributed by atoms with E-state index in [4.69, 9.17) is 20.3 Å². The minimum atomic E-state index is -0.889. The Morgan fingerprint density at radius 1 is 0.919 bits per heavy atom. The molecular formula is C28H29N3O6. The van der Waals surface area contributed by atoms with E-state index in [0.717, 1.165) is 16.5 Å². The molecule has 4 aromatic rings. The summed E-state index contributed by atoms with van der Waals surface area (Å²) < 4.78 is 10.4. The van der Waals surface area contributed by atoms with E-state index in [1.807, 2.05) is 6.07 Å². The molecule has 0 radical (unpaired) electrons. The standard InChI is InChI=1S/C19H22N2O4.C9H7NO2/c1-19(2,18(20)23)13-6-8-14(9-7-13)21-17(22)12-5-10-15(24-3)16(11-12)25-4;11-9(12)7-2-1-3-8-6(7)4-5-10-8/h5-11H,1-4H3,(H2,20,23)(H,21,22);1-5,10H,(H,11,12). The predicted molar refractivity (Wildman–Crippen MR) is 141 cm³/mol. The number of nitrogens with one attached hydrogen (secondary N) is 2. The number of carboxylic acid groups (broad SMARTS) is 1. The molecule has 0 aliphatic rings. The van der Waals surface area contributed by atoms with E-state index in [1.165, 1.54) is 14.2 Å². The van der Waals surface area contributed by atoms with Crippen molar-refractivity contribution in [3.05, 3.63) is 89.6 Å². The number of aromatic amines is 1. The number of amides is 2. The van der Waals surface area contributed by atoms with Gasteiger partial charge in [-0.25, -0.2) is 4.79 Å². The van der Waals surface area contributed by atoms with Gasteiger partial charge in [0.15, 0.2) is 11.5 Å². The Morgan fingerprint density at radius 3 is 2.19 bits per heavy atom. The van der Waals surface area contributed by atoms with Crippen LogP contribution >= 0.6 is 0 Å². The first-order chi connectivity index (χ1) is 17.6. The van der Waals surface area contributed by atoms with Crippen molar-refractivity contribution in [3.63, 3.8) is 0 Å². The third kappa shape index (κ3) is 6.07. The van der Waals surface area contributed by atoms with Crippen molar-refractivity contribution >= 4 is 34.4 Å². The number of carbonyl (C=O) groups excluding carboxylic acids is 2. The number of ether oxygens (including phenoxy) is 2. The van der Waals surface area contributed by atoms with Gasteiger partial charge in [0.25, 0.3) is 5.91 Å². The molecule has 0 saturated carbocycles. The number of primary amides is 1. The summed E-state index contributed by atoms with van der Waals surface area (Å²) in [6.07, 6.45) is 1.73. The molecule has 9 nitrogen and oxygen atoms in total. The van der Waals surface area contributed by atoms with Gasteiger partial charge < -0.3 is 30.6 Å². The topological polar surface area (TPSA) is 144 Å². The summed E-state index contributed by atoms with van der Waals surface area (Å²) in [7, 11) is 3.05. The SMILES string of the molecule is COc1ccc(C(=O)Nc2ccc(C(C)(C)C(N)=O)cc2)cc1OC.O=C(O)c1cccc2[nH]ccc12. The van der Waals surface area contributed by atoms with Crippen LogP contribution in [0, 0.1) is 0 Å². The fourth-order valence-electron chi connectivity index (χ4n) is 3.57. The number of benzene rings is 3. The van der Waals surface area contributed by atoms with Gasteiger partial charge in [0.1, 0.15) is 0 Å². The maximum Gasteiger partial charge on any atom is 0.336 e. The van der Waals surface area contributed by atoms with Crippen LogP contribution in [0.5, 0.6) is 11.5 Å². The van der Waals surface area contributed by atoms with Crippen LogP contribution in [0.3, 0.4) is 0 Å². The van der Waals surface area contributed by atoms with Gasteiger partial charge in [-0.2, -0.15) is 0 Å². The quantitative estimate of drug-likeness (QED) is 0.290. The van der Waals surface area contributed by atoms with E-state index < -0.39 is 17.3 Å². The Balaban J connectivity index is 0.000000262. The summed E-state index contributed by atoms with van der Waals surface area (Å²) in [5.74, 6) is -0.538. The number of carbonyl (C=O) groups is 3. The fraction of sp³-hybridized carbons (Fsp3) is 0.179. The van der Waals surface area contributed by atoms with Gasteiger partial charge in [0.05, 0.1) is 25.2 Å². The van der Waals surface area contributed by atoms with Crippen molar-refractivity contribution in [2.24, 2.45) is 5.73 Å². The Morgan fingerprint density at radius 2 is 1.59 bits per heavy atom. The molecule has 2 amide bonds. The van der Waals surface area contributed by atoms with Crippen molar-refractivity contribution in [1.82, 2.24) is 4.98 Å². The average Bonchev–Trinajstić information content (AvgIpc) is 3.38. The second kappa shape index (κ2) is 11.3. The number of hydrogen-bond donors (Lipinski definition) is 4. The molecule has 192 valence electrons. The zero-order chi connectivity index (χ0) is 27.2. The van der Waals surface area contributed by atoms with E-state index in [0.29, 0.717) is 28.3 Å². The number of hydrogen-bond acceptors (Lipinski definition) is 5. The summed E-state index contributed by atoms with van der Waals surface area (Å²) in [6, 6.07) is 18.9. The molecule has 0 aliphatic carbocycles. The molecule has 5 N–H and O–H groups in total. The van der Waals surface area contributed by atoms with Crippen molar-refractivity contribution in [3.8, 4) is 11.5 Å². The number of H-pyrrole nitrogens is 1. The van der Waals surface area contributed by atoms with Crippen LogP contribution in [0.1, 0.15) is 40.1 Å². The normalized spacial score (nSPS) is 10.7. The Kier molecular flexibility index (Phi) is 8.19. The number of nitrogens with two attached hydrogens (primary N) is 1. The lowest BCUT2D eigenvalue weighted by Crippen LogP contribution is -2.35. The number of anilines is 1. The molecule has 0 aliphatic heterocycles. The lowest BCUT2D eigenvalue weighted by Gasteiger charge is -2.21. The van der Waals surface area contributed by atoms with Crippen LogP contribution < -0.4 is 20.5 Å². The molecule has 0 spiro atoms. The van der Waals surface area contributed by atoms with Crippen LogP contribution in [0.2, 0.25) is 0 Å². The first-order valence-corrected chi connectivity index (χ1v) is 11.3. The van der Waals surface area contributed by atoms with Crippen molar-refractivity contribution in [2.75, 3.05) is 19.5 Å². The highest BCUT2D eigenvalue weighted by molar-refractivity contribution is 6.05. The number of aromatic carboxylic acids is 1. The van der Waals surface area contributed by atoms with E-state index in [-0.39, 0.29) is 5.91 Å². The van der Waals surface area contributed by atoms with Gasteiger partial charge in [0.2, 0.25) is 5.91 Å². The van der Waals surface area contributed by atoms with Crippen molar-refractivity contribution in [2.45, 2.75) is 19.3 Å². The molecule has 3 aromatic carbocycles. The Labute approximate surface area is 214 Å². The van der Waals surface area contributed by atoms with E-state index in [2.05, 4.69) is 10.3 Å². The maximum absolute atomic E-state index is 12.4. The minimum absolute atomic E-state index is 0.275. The minimum Gasteiger partial charge on any atom is -0.493 e. The molecule has 37 heavy (non-hydrogen) atoms. The number of methoxy groups -OCH3 is 2. The third-order valence-corrected chi connectivity index (χ3v) is 5.95. The Hall–Kier alpha value is -4.79. The van der Waals surface area contributed by atoms with Crippen LogP contribution in [0.15, 0.2) is 72.9 Å². The number of carboxylic acids is 1. The number of aromatic nitrogens is 1. The zero-order valence-corrected chi connectivity index (χ0v) is 21.0. The van der Waals surface area contributed by atoms with Gasteiger partial charge in [-0.15, -0.1) is 0 Å². The van der Waals surface area contributed by atoms with Gasteiger partial charge in [0, 0.05) is 28.4 Å². The summed E-state index contributed by atoms with van der Waals surface area (Å²) in [5, 5.41) is 12.3. The van der Waals surface area contributed by atoms with Crippen LogP contribution in [-0.4, -0.2) is 42.1 Å². The molecule has 0 fully saturated rings. The third-order valence-electron chi connectivity index (χ3n) is 5.95. The van der Waals surface area contributed by atoms with E-state index in [1.54, 1.807) is 80.7 Å². The van der Waals surface area contributed by atoms with Gasteiger partial charge in [-0.3, -0.25) is 9.59 Å². The summed E-state index contributed by atoms with van der Waals surface area (Å²) in [6.45, 7) is 3.51. The fourth-order valence-corrected chi connectivity index (χ4v) is 3.57. The first-order valence-electron chi connectivity index (χ1n) is 11.3. The van der Waals surface area contributed by atoms with Gasteiger partial charge in [-0.05, 0) is 67.9 Å². The van der Waals surface area contributed by atoms with Gasteiger partial charge in [-0.1, -0.05) is 18.2 Å². The number of fused-ring (bicyclic) bond motifs is 1. The molecule has 0 saturated heterocycles. The molecular weight excluding hydrogens is 474 g/mol. The van der Waals surface area contributed by atoms with Crippen LogP contribution in [0.25, 0.3) is 10.9 Å². The highest BCUT2D eigenvalue weighted by atomic mass is 16.5. The molecule has 1 aromatic heterocycles. The lowest BCUT2D eigenvalue weighted by atomic mass is 9.84. The predicted octanol–water partition coefficient (Wildman–Crippen LogP) is 4.59. The average molecular weight is 504 g/mol. The molecule has 9 heteroatoms. The molecule has 0 atom stereocenters. The summed E-state index contributed by atoms with van der Waals surface area (Å²) in [4.78, 5) is 37.6.